The van der Waals surface area contributed by atoms with Crippen LogP contribution in [0.3, 0.4) is 0 Å². The van der Waals surface area contributed by atoms with E-state index >= 15 is 0 Å². The van der Waals surface area contributed by atoms with Gasteiger partial charge in [-0.25, -0.2) is 9.78 Å². The van der Waals surface area contributed by atoms with Crippen molar-refractivity contribution < 1.29 is 14.3 Å². The van der Waals surface area contributed by atoms with Crippen molar-refractivity contribution in [2.75, 3.05) is 5.32 Å². The lowest BCUT2D eigenvalue weighted by Gasteiger charge is -2.21. The summed E-state index contributed by atoms with van der Waals surface area (Å²) in [6.07, 6.45) is 0.960. The van der Waals surface area contributed by atoms with Crippen molar-refractivity contribution in [2.24, 2.45) is 0 Å². The zero-order valence-electron chi connectivity index (χ0n) is 11.1. The van der Waals surface area contributed by atoms with Crippen molar-refractivity contribution in [1.29, 1.82) is 0 Å². The number of carbonyl (C=O) groups is 2. The van der Waals surface area contributed by atoms with Crippen LogP contribution in [0.5, 0.6) is 0 Å². The molecule has 0 bridgehead atoms. The number of nitrogens with zero attached hydrogens (tertiary/aromatic N) is 1. The molecule has 106 valence electrons. The molecular weight excluding hydrogens is 334 g/mol. The first-order valence-corrected chi connectivity index (χ1v) is 7.20. The lowest BCUT2D eigenvalue weighted by Crippen LogP contribution is -2.43. The van der Waals surface area contributed by atoms with Gasteiger partial charge < -0.3 is 15.4 Å². The number of hydrogen-bond acceptors (Lipinski definition) is 5. The third-order valence-electron chi connectivity index (χ3n) is 1.83. The molecular formula is C11H16BrN3O3S. The number of rotatable bonds is 3. The molecule has 0 fully saturated rings. The minimum Gasteiger partial charge on any atom is -0.444 e. The number of alkyl carbamates (subject to hydrolysis) is 1. The molecule has 0 saturated carbocycles. The quantitative estimate of drug-likeness (QED) is 0.878. The van der Waals surface area contributed by atoms with Gasteiger partial charge in [-0.1, -0.05) is 11.3 Å². The van der Waals surface area contributed by atoms with Crippen LogP contribution in [0.2, 0.25) is 0 Å². The lowest BCUT2D eigenvalue weighted by atomic mass is 10.2. The summed E-state index contributed by atoms with van der Waals surface area (Å²) in [7, 11) is 0. The van der Waals surface area contributed by atoms with Crippen LogP contribution >= 0.6 is 27.3 Å². The number of thiazole rings is 1. The molecule has 2 N–H and O–H groups in total. The van der Waals surface area contributed by atoms with E-state index in [0.717, 1.165) is 3.79 Å². The Labute approximate surface area is 124 Å². The normalized spacial score (nSPS) is 12.7. The molecule has 1 heterocycles. The maximum absolute atomic E-state index is 11.8. The molecule has 1 aromatic heterocycles. The highest BCUT2D eigenvalue weighted by atomic mass is 79.9. The van der Waals surface area contributed by atoms with E-state index in [1.54, 1.807) is 33.9 Å². The van der Waals surface area contributed by atoms with E-state index in [-0.39, 0.29) is 5.91 Å². The van der Waals surface area contributed by atoms with Crippen LogP contribution in [0.1, 0.15) is 27.7 Å². The number of nitrogens with one attached hydrogen (secondary N) is 2. The molecule has 2 amide bonds. The number of carbonyl (C=O) groups excluding carboxylic acids is 2. The fraction of sp³-hybridized carbons (Fsp3) is 0.545. The molecule has 0 aromatic carbocycles. The second-order valence-corrected chi connectivity index (χ2v) is 7.24. The van der Waals surface area contributed by atoms with Crippen molar-refractivity contribution >= 4 is 44.4 Å². The van der Waals surface area contributed by atoms with Gasteiger partial charge in [0, 0.05) is 0 Å². The molecule has 0 saturated heterocycles. The van der Waals surface area contributed by atoms with Gasteiger partial charge in [0.15, 0.2) is 5.13 Å². The van der Waals surface area contributed by atoms with Crippen LogP contribution in [-0.4, -0.2) is 28.6 Å². The highest BCUT2D eigenvalue weighted by molar-refractivity contribution is 9.11. The van der Waals surface area contributed by atoms with Crippen molar-refractivity contribution in [1.82, 2.24) is 10.3 Å². The average molecular weight is 350 g/mol. The molecule has 6 nitrogen and oxygen atoms in total. The van der Waals surface area contributed by atoms with E-state index in [1.807, 2.05) is 0 Å². The van der Waals surface area contributed by atoms with Crippen molar-refractivity contribution in [3.8, 4) is 0 Å². The maximum Gasteiger partial charge on any atom is 0.408 e. The fourth-order valence-corrected chi connectivity index (χ4v) is 2.19. The molecule has 0 aliphatic carbocycles. The molecule has 0 radical (unpaired) electrons. The number of ether oxygens (including phenoxy) is 1. The summed E-state index contributed by atoms with van der Waals surface area (Å²) >= 11 is 4.54. The third kappa shape index (κ3) is 6.02. The molecule has 1 rings (SSSR count). The van der Waals surface area contributed by atoms with Gasteiger partial charge in [-0.05, 0) is 43.6 Å². The first-order valence-electron chi connectivity index (χ1n) is 5.59. The first-order chi connectivity index (χ1) is 8.67. The largest absolute Gasteiger partial charge is 0.444 e. The van der Waals surface area contributed by atoms with E-state index in [2.05, 4.69) is 31.5 Å². The second kappa shape index (κ2) is 6.33. The zero-order chi connectivity index (χ0) is 14.6. The smallest absolute Gasteiger partial charge is 0.408 e. The highest BCUT2D eigenvalue weighted by Crippen LogP contribution is 2.23. The molecule has 0 unspecified atom stereocenters. The van der Waals surface area contributed by atoms with Crippen LogP contribution in [0.15, 0.2) is 9.98 Å². The van der Waals surface area contributed by atoms with Crippen molar-refractivity contribution in [3.05, 3.63) is 9.98 Å². The Bertz CT molecular complexity index is 470. The van der Waals surface area contributed by atoms with Gasteiger partial charge >= 0.3 is 6.09 Å². The molecule has 0 spiro atoms. The Morgan fingerprint density at radius 2 is 2.11 bits per heavy atom. The van der Waals surface area contributed by atoms with Gasteiger partial charge in [0.2, 0.25) is 5.91 Å². The average Bonchev–Trinajstić information content (AvgIpc) is 2.60. The molecule has 0 aliphatic heterocycles. The fourth-order valence-electron chi connectivity index (χ4n) is 1.08. The van der Waals surface area contributed by atoms with E-state index in [4.69, 9.17) is 4.74 Å². The summed E-state index contributed by atoms with van der Waals surface area (Å²) in [4.78, 5) is 27.3. The van der Waals surface area contributed by atoms with E-state index < -0.39 is 17.7 Å². The predicted molar refractivity (Wildman–Crippen MR) is 77.3 cm³/mol. The molecule has 1 atom stereocenters. The summed E-state index contributed by atoms with van der Waals surface area (Å²) < 4.78 is 5.88. The van der Waals surface area contributed by atoms with Crippen molar-refractivity contribution in [3.63, 3.8) is 0 Å². The van der Waals surface area contributed by atoms with E-state index in [9.17, 15) is 9.59 Å². The van der Waals surface area contributed by atoms with Crippen LogP contribution in [0, 0.1) is 0 Å². The Balaban J connectivity index is 2.47. The van der Waals surface area contributed by atoms with Crippen molar-refractivity contribution in [2.45, 2.75) is 39.3 Å². The van der Waals surface area contributed by atoms with Crippen LogP contribution in [-0.2, 0) is 9.53 Å². The highest BCUT2D eigenvalue weighted by Gasteiger charge is 2.21. The summed E-state index contributed by atoms with van der Waals surface area (Å²) in [6, 6.07) is -0.711. The Kier molecular flexibility index (Phi) is 5.30. The molecule has 1 aromatic rings. The van der Waals surface area contributed by atoms with Crippen LogP contribution < -0.4 is 10.6 Å². The zero-order valence-corrected chi connectivity index (χ0v) is 13.5. The lowest BCUT2D eigenvalue weighted by molar-refractivity contribution is -0.117. The van der Waals surface area contributed by atoms with Crippen LogP contribution in [0.4, 0.5) is 9.93 Å². The molecule has 19 heavy (non-hydrogen) atoms. The summed E-state index contributed by atoms with van der Waals surface area (Å²) in [5.74, 6) is -0.354. The SMILES string of the molecule is C[C@H](NC(=O)OC(C)(C)C)C(=O)Nc1ncc(Br)s1. The molecule has 0 aliphatic rings. The number of amides is 2. The number of halogens is 1. The Morgan fingerprint density at radius 1 is 1.47 bits per heavy atom. The minimum atomic E-state index is -0.711. The standard InChI is InChI=1S/C11H16BrN3O3S/c1-6(14-10(17)18-11(2,3)4)8(16)15-9-13-5-7(12)19-9/h5-6H,1-4H3,(H,14,17)(H,13,15,16)/t6-/m0/s1. The van der Waals surface area contributed by atoms with Crippen LogP contribution in [0.25, 0.3) is 0 Å². The number of aromatic nitrogens is 1. The maximum atomic E-state index is 11.8. The van der Waals surface area contributed by atoms with E-state index in [0.29, 0.717) is 5.13 Å². The monoisotopic (exact) mass is 349 g/mol. The Hall–Kier alpha value is -1.15. The third-order valence-corrected chi connectivity index (χ3v) is 3.23. The van der Waals surface area contributed by atoms with Gasteiger partial charge in [-0.3, -0.25) is 4.79 Å². The first kappa shape index (κ1) is 15.9. The molecule has 8 heteroatoms. The van der Waals surface area contributed by atoms with Gasteiger partial charge in [0.1, 0.15) is 11.6 Å². The van der Waals surface area contributed by atoms with E-state index in [1.165, 1.54) is 11.3 Å². The number of anilines is 1. The van der Waals surface area contributed by atoms with Gasteiger partial charge in [0.05, 0.1) is 9.98 Å². The number of hydrogen-bond donors (Lipinski definition) is 2. The Morgan fingerprint density at radius 3 is 2.58 bits per heavy atom. The summed E-state index contributed by atoms with van der Waals surface area (Å²) in [5.41, 5.74) is -0.597. The van der Waals surface area contributed by atoms with Gasteiger partial charge in [-0.2, -0.15) is 0 Å². The van der Waals surface area contributed by atoms with Gasteiger partial charge in [-0.15, -0.1) is 0 Å². The summed E-state index contributed by atoms with van der Waals surface area (Å²) in [6.45, 7) is 6.83. The predicted octanol–water partition coefficient (Wildman–Crippen LogP) is 2.76. The van der Waals surface area contributed by atoms with Gasteiger partial charge in [0.25, 0.3) is 0 Å². The summed E-state index contributed by atoms with van der Waals surface area (Å²) in [5, 5.41) is 5.52. The second-order valence-electron chi connectivity index (χ2n) is 4.83. The minimum absolute atomic E-state index is 0.354. The topological polar surface area (TPSA) is 80.3 Å².